The van der Waals surface area contributed by atoms with Crippen molar-refractivity contribution in [1.82, 2.24) is 15.5 Å². The molecular formula is C18H28BrFN4O. The lowest BCUT2D eigenvalue weighted by Crippen LogP contribution is -2.48. The number of hydrogen-bond donors (Lipinski definition) is 2. The Hall–Kier alpha value is -1.63. The summed E-state index contributed by atoms with van der Waals surface area (Å²) in [4.78, 5) is 17.9. The number of carbonyl (C=O) groups is 1. The molecule has 2 N–H and O–H groups in total. The Morgan fingerprint density at radius 3 is 2.60 bits per heavy atom. The van der Waals surface area contributed by atoms with Gasteiger partial charge in [0.1, 0.15) is 5.82 Å². The molecule has 0 aliphatic rings. The molecule has 0 saturated carbocycles. The van der Waals surface area contributed by atoms with Gasteiger partial charge in [-0.2, -0.15) is 0 Å². The van der Waals surface area contributed by atoms with E-state index in [-0.39, 0.29) is 23.8 Å². The van der Waals surface area contributed by atoms with Gasteiger partial charge in [0.25, 0.3) is 0 Å². The molecule has 0 bridgehead atoms. The molecule has 0 spiro atoms. The van der Waals surface area contributed by atoms with Crippen molar-refractivity contribution in [3.63, 3.8) is 0 Å². The molecule has 0 radical (unpaired) electrons. The van der Waals surface area contributed by atoms with Crippen molar-refractivity contribution in [2.75, 3.05) is 27.2 Å². The van der Waals surface area contributed by atoms with Gasteiger partial charge in [-0.25, -0.2) is 4.39 Å². The summed E-state index contributed by atoms with van der Waals surface area (Å²) in [5.74, 6) is 0.380. The first kappa shape index (κ1) is 21.4. The molecule has 7 heteroatoms. The van der Waals surface area contributed by atoms with Crippen LogP contribution in [0.25, 0.3) is 0 Å². The number of aryl methyl sites for hydroxylation is 1. The van der Waals surface area contributed by atoms with Crippen molar-refractivity contribution in [3.05, 3.63) is 34.1 Å². The molecule has 0 unspecified atom stereocenters. The molecule has 0 aliphatic carbocycles. The van der Waals surface area contributed by atoms with Crippen LogP contribution in [-0.2, 0) is 11.2 Å². The van der Waals surface area contributed by atoms with Gasteiger partial charge in [0.15, 0.2) is 5.96 Å². The summed E-state index contributed by atoms with van der Waals surface area (Å²) in [7, 11) is 3.49. The minimum absolute atomic E-state index is 0.0603. The van der Waals surface area contributed by atoms with Crippen LogP contribution in [0.5, 0.6) is 0 Å². The number of carbonyl (C=O) groups excluding carboxylic acids is 1. The summed E-state index contributed by atoms with van der Waals surface area (Å²) in [5.41, 5.74) is 0.432. The number of aliphatic imine (C=N–C) groups is 1. The minimum Gasteiger partial charge on any atom is -0.356 e. The molecule has 0 aliphatic heterocycles. The van der Waals surface area contributed by atoms with Gasteiger partial charge in [0.2, 0.25) is 5.91 Å². The lowest BCUT2D eigenvalue weighted by Gasteiger charge is -2.25. The lowest BCUT2D eigenvalue weighted by atomic mass is 10.1. The van der Waals surface area contributed by atoms with E-state index in [0.29, 0.717) is 24.5 Å². The predicted octanol–water partition coefficient (Wildman–Crippen LogP) is 2.94. The normalized spacial score (nSPS) is 12.0. The standard InChI is InChI=1S/C18H28BrFN4O/c1-18(2,3)23-16(25)12-24(5)17(21-4)22-10-6-7-13-8-9-14(19)11-15(13)20/h8-9,11H,6-7,10,12H2,1-5H3,(H,21,22)(H,23,25). The fraction of sp³-hybridized carbons (Fsp3) is 0.556. The third kappa shape index (κ3) is 8.34. The van der Waals surface area contributed by atoms with E-state index in [1.54, 1.807) is 18.0 Å². The zero-order valence-electron chi connectivity index (χ0n) is 15.6. The van der Waals surface area contributed by atoms with E-state index in [2.05, 4.69) is 31.6 Å². The number of amides is 1. The second-order valence-electron chi connectivity index (χ2n) is 6.97. The van der Waals surface area contributed by atoms with Gasteiger partial charge < -0.3 is 15.5 Å². The quantitative estimate of drug-likeness (QED) is 0.427. The number of rotatable bonds is 6. The molecule has 1 rings (SSSR count). The van der Waals surface area contributed by atoms with Crippen LogP contribution in [0.1, 0.15) is 32.8 Å². The van der Waals surface area contributed by atoms with E-state index in [9.17, 15) is 9.18 Å². The monoisotopic (exact) mass is 414 g/mol. The van der Waals surface area contributed by atoms with Crippen LogP contribution in [0.3, 0.4) is 0 Å². The van der Waals surface area contributed by atoms with Crippen molar-refractivity contribution in [1.29, 1.82) is 0 Å². The molecule has 0 fully saturated rings. The summed E-state index contributed by atoms with van der Waals surface area (Å²) in [6, 6.07) is 5.10. The summed E-state index contributed by atoms with van der Waals surface area (Å²) in [5, 5.41) is 6.12. The summed E-state index contributed by atoms with van der Waals surface area (Å²) in [6.07, 6.45) is 1.40. The highest BCUT2D eigenvalue weighted by Gasteiger charge is 2.16. The van der Waals surface area contributed by atoms with Crippen molar-refractivity contribution in [2.45, 2.75) is 39.2 Å². The first-order valence-electron chi connectivity index (χ1n) is 8.29. The van der Waals surface area contributed by atoms with Crippen molar-refractivity contribution < 1.29 is 9.18 Å². The van der Waals surface area contributed by atoms with Crippen molar-refractivity contribution in [3.8, 4) is 0 Å². The van der Waals surface area contributed by atoms with Crippen LogP contribution in [0.4, 0.5) is 4.39 Å². The molecule has 0 saturated heterocycles. The molecule has 0 aromatic heterocycles. The maximum atomic E-state index is 13.8. The largest absolute Gasteiger partial charge is 0.356 e. The fourth-order valence-electron chi connectivity index (χ4n) is 2.34. The van der Waals surface area contributed by atoms with Gasteiger partial charge in [0, 0.05) is 30.7 Å². The number of nitrogens with zero attached hydrogens (tertiary/aromatic N) is 2. The summed E-state index contributed by atoms with van der Waals surface area (Å²) < 4.78 is 14.5. The SMILES string of the molecule is CN=C(NCCCc1ccc(Br)cc1F)N(C)CC(=O)NC(C)(C)C. The topological polar surface area (TPSA) is 56.7 Å². The highest BCUT2D eigenvalue weighted by Crippen LogP contribution is 2.16. The maximum Gasteiger partial charge on any atom is 0.240 e. The molecule has 0 heterocycles. The third-order valence-electron chi connectivity index (χ3n) is 3.39. The maximum absolute atomic E-state index is 13.8. The Morgan fingerprint density at radius 1 is 1.36 bits per heavy atom. The Balaban J connectivity index is 2.42. The number of guanidine groups is 1. The second kappa shape index (κ2) is 9.75. The Morgan fingerprint density at radius 2 is 2.04 bits per heavy atom. The average Bonchev–Trinajstić information content (AvgIpc) is 2.46. The van der Waals surface area contributed by atoms with E-state index in [0.717, 1.165) is 10.9 Å². The number of hydrogen-bond acceptors (Lipinski definition) is 2. The zero-order valence-corrected chi connectivity index (χ0v) is 17.2. The van der Waals surface area contributed by atoms with E-state index in [1.807, 2.05) is 33.9 Å². The van der Waals surface area contributed by atoms with E-state index in [1.165, 1.54) is 6.07 Å². The average molecular weight is 415 g/mol. The van der Waals surface area contributed by atoms with Gasteiger partial charge in [0.05, 0.1) is 6.54 Å². The lowest BCUT2D eigenvalue weighted by molar-refractivity contribution is -0.122. The highest BCUT2D eigenvalue weighted by molar-refractivity contribution is 9.10. The van der Waals surface area contributed by atoms with Crippen LogP contribution in [0.15, 0.2) is 27.7 Å². The van der Waals surface area contributed by atoms with Crippen LogP contribution in [0.2, 0.25) is 0 Å². The predicted molar refractivity (Wildman–Crippen MR) is 104 cm³/mol. The number of benzene rings is 1. The molecule has 1 aromatic carbocycles. The molecular weight excluding hydrogens is 387 g/mol. The smallest absolute Gasteiger partial charge is 0.240 e. The zero-order chi connectivity index (χ0) is 19.0. The highest BCUT2D eigenvalue weighted by atomic mass is 79.9. The summed E-state index contributed by atoms with van der Waals surface area (Å²) >= 11 is 3.25. The van der Waals surface area contributed by atoms with E-state index in [4.69, 9.17) is 0 Å². The Labute approximate surface area is 158 Å². The van der Waals surface area contributed by atoms with E-state index < -0.39 is 0 Å². The minimum atomic E-state index is -0.260. The van der Waals surface area contributed by atoms with Gasteiger partial charge in [-0.05, 0) is 51.3 Å². The second-order valence-corrected chi connectivity index (χ2v) is 7.88. The summed E-state index contributed by atoms with van der Waals surface area (Å²) in [6.45, 7) is 6.70. The fourth-order valence-corrected chi connectivity index (χ4v) is 2.67. The number of halogens is 2. The Kier molecular flexibility index (Phi) is 8.35. The van der Waals surface area contributed by atoms with Crippen LogP contribution < -0.4 is 10.6 Å². The molecule has 1 aromatic rings. The number of nitrogens with one attached hydrogen (secondary N) is 2. The van der Waals surface area contributed by atoms with Crippen molar-refractivity contribution in [2.24, 2.45) is 4.99 Å². The molecule has 5 nitrogen and oxygen atoms in total. The van der Waals surface area contributed by atoms with E-state index >= 15 is 0 Å². The van der Waals surface area contributed by atoms with Crippen LogP contribution in [0, 0.1) is 5.82 Å². The van der Waals surface area contributed by atoms with Crippen LogP contribution >= 0.6 is 15.9 Å². The molecule has 0 atom stereocenters. The van der Waals surface area contributed by atoms with Gasteiger partial charge in [-0.15, -0.1) is 0 Å². The third-order valence-corrected chi connectivity index (χ3v) is 3.88. The van der Waals surface area contributed by atoms with Crippen LogP contribution in [-0.4, -0.2) is 49.5 Å². The molecule has 140 valence electrons. The first-order chi connectivity index (χ1) is 11.6. The Bertz CT molecular complexity index is 614. The first-order valence-corrected chi connectivity index (χ1v) is 9.08. The molecule has 1 amide bonds. The van der Waals surface area contributed by atoms with Gasteiger partial charge >= 0.3 is 0 Å². The molecule has 25 heavy (non-hydrogen) atoms. The van der Waals surface area contributed by atoms with Gasteiger partial charge in [-0.3, -0.25) is 9.79 Å². The van der Waals surface area contributed by atoms with Gasteiger partial charge in [-0.1, -0.05) is 22.0 Å². The number of likely N-dealkylation sites (N-methyl/N-ethyl adjacent to an activating group) is 1. The van der Waals surface area contributed by atoms with Crippen molar-refractivity contribution >= 4 is 27.8 Å².